The highest BCUT2D eigenvalue weighted by molar-refractivity contribution is 5.78. The van der Waals surface area contributed by atoms with Crippen molar-refractivity contribution in [2.45, 2.75) is 63.8 Å². The molecule has 2 rings (SSSR count). The average molecular weight is 310 g/mol. The van der Waals surface area contributed by atoms with Crippen LogP contribution < -0.4 is 5.32 Å². The summed E-state index contributed by atoms with van der Waals surface area (Å²) >= 11 is 0. The van der Waals surface area contributed by atoms with Crippen LogP contribution in [0.2, 0.25) is 0 Å². The number of hydrogen-bond donors (Lipinski definition) is 1. The lowest BCUT2D eigenvalue weighted by atomic mass is 9.86. The van der Waals surface area contributed by atoms with Gasteiger partial charge in [0, 0.05) is 32.7 Å². The molecule has 2 amide bonds. The lowest BCUT2D eigenvalue weighted by Crippen LogP contribution is -2.47. The molecule has 1 saturated carbocycles. The number of likely N-dealkylation sites (tertiary alicyclic amines) is 1. The van der Waals surface area contributed by atoms with Crippen molar-refractivity contribution in [2.75, 3.05) is 26.8 Å². The second-order valence-corrected chi connectivity index (χ2v) is 6.70. The van der Waals surface area contributed by atoms with Gasteiger partial charge in [-0.15, -0.1) is 0 Å². The number of amides is 2. The van der Waals surface area contributed by atoms with Crippen molar-refractivity contribution in [3.63, 3.8) is 0 Å². The third-order valence-electron chi connectivity index (χ3n) is 4.98. The van der Waals surface area contributed by atoms with Gasteiger partial charge in [-0.1, -0.05) is 32.1 Å². The quantitative estimate of drug-likeness (QED) is 0.817. The molecule has 1 N–H and O–H groups in total. The third kappa shape index (κ3) is 5.59. The molecule has 1 saturated heterocycles. The minimum Gasteiger partial charge on any atom is -0.375 e. The van der Waals surface area contributed by atoms with Crippen LogP contribution in [0.1, 0.15) is 57.8 Å². The van der Waals surface area contributed by atoms with Gasteiger partial charge < -0.3 is 15.0 Å². The minimum atomic E-state index is -0.0652. The molecular formula is C17H30N2O3. The number of nitrogens with zero attached hydrogens (tertiary/aromatic N) is 1. The lowest BCUT2D eigenvalue weighted by molar-refractivity contribution is -0.132. The Labute approximate surface area is 133 Å². The Morgan fingerprint density at radius 2 is 1.77 bits per heavy atom. The van der Waals surface area contributed by atoms with Crippen LogP contribution in [0.3, 0.4) is 0 Å². The fraction of sp³-hybridized carbons (Fsp3) is 0.882. The van der Waals surface area contributed by atoms with Crippen molar-refractivity contribution in [1.82, 2.24) is 10.2 Å². The summed E-state index contributed by atoms with van der Waals surface area (Å²) in [6.07, 6.45) is 10.1. The molecule has 0 bridgehead atoms. The first-order valence-electron chi connectivity index (χ1n) is 8.75. The van der Waals surface area contributed by atoms with Crippen LogP contribution in [0.4, 0.5) is 0 Å². The molecule has 1 heterocycles. The number of carbonyl (C=O) groups excluding carboxylic acids is 2. The molecular weight excluding hydrogens is 280 g/mol. The van der Waals surface area contributed by atoms with Gasteiger partial charge in [-0.05, 0) is 25.2 Å². The molecule has 0 aromatic rings. The maximum Gasteiger partial charge on any atom is 0.246 e. The van der Waals surface area contributed by atoms with Gasteiger partial charge in [-0.25, -0.2) is 0 Å². The van der Waals surface area contributed by atoms with Crippen LogP contribution in [-0.4, -0.2) is 49.6 Å². The Balaban J connectivity index is 1.63. The van der Waals surface area contributed by atoms with E-state index in [1.165, 1.54) is 39.2 Å². The smallest absolute Gasteiger partial charge is 0.246 e. The predicted octanol–water partition coefficient (Wildman–Crippen LogP) is 2.10. The summed E-state index contributed by atoms with van der Waals surface area (Å²) < 4.78 is 4.82. The zero-order valence-corrected chi connectivity index (χ0v) is 13.8. The number of hydrogen-bond acceptors (Lipinski definition) is 3. The first kappa shape index (κ1) is 17.3. The van der Waals surface area contributed by atoms with Crippen molar-refractivity contribution in [2.24, 2.45) is 5.92 Å². The highest BCUT2D eigenvalue weighted by Gasteiger charge is 2.24. The Morgan fingerprint density at radius 3 is 2.41 bits per heavy atom. The van der Waals surface area contributed by atoms with Gasteiger partial charge in [-0.3, -0.25) is 9.59 Å². The maximum atomic E-state index is 12.3. The average Bonchev–Trinajstić information content (AvgIpc) is 2.54. The van der Waals surface area contributed by atoms with Gasteiger partial charge in [0.05, 0.1) is 0 Å². The lowest BCUT2D eigenvalue weighted by Gasteiger charge is -2.33. The molecule has 0 unspecified atom stereocenters. The van der Waals surface area contributed by atoms with Crippen LogP contribution in [-0.2, 0) is 14.3 Å². The van der Waals surface area contributed by atoms with Crippen LogP contribution in [0.25, 0.3) is 0 Å². The molecule has 2 fully saturated rings. The van der Waals surface area contributed by atoms with E-state index in [4.69, 9.17) is 4.74 Å². The molecule has 0 atom stereocenters. The van der Waals surface area contributed by atoms with E-state index in [9.17, 15) is 9.59 Å². The van der Waals surface area contributed by atoms with Gasteiger partial charge >= 0.3 is 0 Å². The number of methoxy groups -OCH3 is 1. The fourth-order valence-corrected chi connectivity index (χ4v) is 3.64. The van der Waals surface area contributed by atoms with E-state index < -0.39 is 0 Å². The summed E-state index contributed by atoms with van der Waals surface area (Å²) in [4.78, 5) is 25.8. The minimum absolute atomic E-state index is 0.0652. The SMILES string of the molecule is COCC(=O)NC1CCN(C(=O)CCC2CCCCC2)CC1. The monoisotopic (exact) mass is 310 g/mol. The van der Waals surface area contributed by atoms with E-state index in [-0.39, 0.29) is 18.6 Å². The molecule has 0 aromatic carbocycles. The number of rotatable bonds is 6. The zero-order valence-electron chi connectivity index (χ0n) is 13.8. The molecule has 0 spiro atoms. The van der Waals surface area contributed by atoms with Gasteiger partial charge in [0.25, 0.3) is 0 Å². The highest BCUT2D eigenvalue weighted by atomic mass is 16.5. The zero-order chi connectivity index (χ0) is 15.8. The summed E-state index contributed by atoms with van der Waals surface area (Å²) in [5.74, 6) is 1.00. The molecule has 2 aliphatic rings. The number of piperidine rings is 1. The largest absolute Gasteiger partial charge is 0.375 e. The fourth-order valence-electron chi connectivity index (χ4n) is 3.64. The first-order valence-corrected chi connectivity index (χ1v) is 8.75. The summed E-state index contributed by atoms with van der Waals surface area (Å²) in [6, 6.07) is 0.185. The van der Waals surface area contributed by atoms with Gasteiger partial charge in [0.15, 0.2) is 0 Å². The van der Waals surface area contributed by atoms with Crippen LogP contribution >= 0.6 is 0 Å². The molecule has 22 heavy (non-hydrogen) atoms. The third-order valence-corrected chi connectivity index (χ3v) is 4.98. The van der Waals surface area contributed by atoms with E-state index in [0.29, 0.717) is 12.3 Å². The van der Waals surface area contributed by atoms with E-state index >= 15 is 0 Å². The van der Waals surface area contributed by atoms with E-state index in [1.807, 2.05) is 4.90 Å². The normalized spacial score (nSPS) is 20.9. The van der Waals surface area contributed by atoms with Crippen LogP contribution in [0.5, 0.6) is 0 Å². The predicted molar refractivity (Wildman–Crippen MR) is 85.4 cm³/mol. The standard InChI is InChI=1S/C17H30N2O3/c1-22-13-16(20)18-15-9-11-19(12-10-15)17(21)8-7-14-5-3-2-4-6-14/h14-15H,2-13H2,1H3,(H,18,20). The van der Waals surface area contributed by atoms with E-state index in [2.05, 4.69) is 5.32 Å². The second kappa shape index (κ2) is 9.13. The van der Waals surface area contributed by atoms with Gasteiger partial charge in [-0.2, -0.15) is 0 Å². The van der Waals surface area contributed by atoms with Crippen LogP contribution in [0, 0.1) is 5.92 Å². The van der Waals surface area contributed by atoms with E-state index in [1.54, 1.807) is 0 Å². The molecule has 0 radical (unpaired) electrons. The topological polar surface area (TPSA) is 58.6 Å². The Bertz CT molecular complexity index is 359. The summed E-state index contributed by atoms with van der Waals surface area (Å²) in [5.41, 5.74) is 0. The number of carbonyl (C=O) groups is 2. The Hall–Kier alpha value is -1.10. The molecule has 5 nitrogen and oxygen atoms in total. The maximum absolute atomic E-state index is 12.3. The molecule has 0 aromatic heterocycles. The Morgan fingerprint density at radius 1 is 1.09 bits per heavy atom. The van der Waals surface area contributed by atoms with E-state index in [0.717, 1.165) is 38.3 Å². The highest BCUT2D eigenvalue weighted by Crippen LogP contribution is 2.27. The van der Waals surface area contributed by atoms with Crippen LogP contribution in [0.15, 0.2) is 0 Å². The second-order valence-electron chi connectivity index (χ2n) is 6.70. The molecule has 126 valence electrons. The molecule has 5 heteroatoms. The Kier molecular flexibility index (Phi) is 7.16. The number of ether oxygens (including phenoxy) is 1. The van der Waals surface area contributed by atoms with Crippen molar-refractivity contribution >= 4 is 11.8 Å². The summed E-state index contributed by atoms with van der Waals surface area (Å²) in [6.45, 7) is 1.64. The van der Waals surface area contributed by atoms with Gasteiger partial charge in [0.1, 0.15) is 6.61 Å². The van der Waals surface area contributed by atoms with Crippen molar-refractivity contribution in [3.8, 4) is 0 Å². The summed E-state index contributed by atoms with van der Waals surface area (Å²) in [5, 5.41) is 2.96. The van der Waals surface area contributed by atoms with Crippen molar-refractivity contribution in [3.05, 3.63) is 0 Å². The van der Waals surface area contributed by atoms with Crippen molar-refractivity contribution in [1.29, 1.82) is 0 Å². The summed E-state index contributed by atoms with van der Waals surface area (Å²) in [7, 11) is 1.52. The van der Waals surface area contributed by atoms with Gasteiger partial charge in [0.2, 0.25) is 11.8 Å². The van der Waals surface area contributed by atoms with Crippen molar-refractivity contribution < 1.29 is 14.3 Å². The first-order chi connectivity index (χ1) is 10.7. The molecule has 1 aliphatic carbocycles. The molecule has 1 aliphatic heterocycles. The number of nitrogens with one attached hydrogen (secondary N) is 1.